The molecule has 0 amide bonds. The van der Waals surface area contributed by atoms with Crippen LogP contribution in [0.25, 0.3) is 0 Å². The van der Waals surface area contributed by atoms with E-state index in [-0.39, 0.29) is 22.8 Å². The van der Waals surface area contributed by atoms with Crippen molar-refractivity contribution < 1.29 is 18.2 Å². The Morgan fingerprint density at radius 2 is 1.85 bits per heavy atom. The van der Waals surface area contributed by atoms with E-state index in [0.29, 0.717) is 13.1 Å². The van der Waals surface area contributed by atoms with E-state index < -0.39 is 14.9 Å². The number of likely N-dealkylation sites (N-methyl/N-ethyl adjacent to an activating group) is 1. The van der Waals surface area contributed by atoms with Gasteiger partial charge in [0.1, 0.15) is 5.69 Å². The Bertz CT molecular complexity index is 913. The normalized spacial score (nSPS) is 11.6. The predicted molar refractivity (Wildman–Crippen MR) is 104 cm³/mol. The molecule has 0 bridgehead atoms. The molecule has 0 aliphatic heterocycles. The van der Waals surface area contributed by atoms with Crippen LogP contribution >= 0.6 is 0 Å². The summed E-state index contributed by atoms with van der Waals surface area (Å²) in [5, 5.41) is 14.5. The Kier molecular flexibility index (Phi) is 6.89. The number of nitro benzene ring substituents is 1. The van der Waals surface area contributed by atoms with Crippen LogP contribution in [0.1, 0.15) is 11.1 Å². The molecule has 0 aliphatic rings. The highest BCUT2D eigenvalue weighted by Crippen LogP contribution is 2.28. The summed E-state index contributed by atoms with van der Waals surface area (Å²) in [6, 6.07) is 11.6. The highest BCUT2D eigenvalue weighted by molar-refractivity contribution is 7.89. The maximum absolute atomic E-state index is 12.4. The van der Waals surface area contributed by atoms with Crippen molar-refractivity contribution in [3.8, 4) is 0 Å². The number of sulfonamides is 1. The lowest BCUT2D eigenvalue weighted by Crippen LogP contribution is -3.06. The van der Waals surface area contributed by atoms with Gasteiger partial charge in [0.2, 0.25) is 10.0 Å². The van der Waals surface area contributed by atoms with E-state index in [4.69, 9.17) is 0 Å². The van der Waals surface area contributed by atoms with Crippen molar-refractivity contribution in [1.29, 1.82) is 0 Å². The SMILES string of the molecule is Cc1ccccc1CNc1ccc(S(=O)(=O)NCC[NH+](C)C)cc1[N+](=O)[O-]. The third kappa shape index (κ3) is 5.75. The van der Waals surface area contributed by atoms with Crippen LogP contribution in [0.15, 0.2) is 47.4 Å². The number of benzene rings is 2. The fourth-order valence-corrected chi connectivity index (χ4v) is 3.55. The molecule has 0 aliphatic carbocycles. The van der Waals surface area contributed by atoms with Crippen LogP contribution in [0.5, 0.6) is 0 Å². The van der Waals surface area contributed by atoms with Crippen molar-refractivity contribution in [1.82, 2.24) is 4.72 Å². The van der Waals surface area contributed by atoms with Gasteiger partial charge in [0, 0.05) is 12.6 Å². The van der Waals surface area contributed by atoms with Gasteiger partial charge in [0.15, 0.2) is 0 Å². The van der Waals surface area contributed by atoms with Crippen molar-refractivity contribution in [3.63, 3.8) is 0 Å². The lowest BCUT2D eigenvalue weighted by Gasteiger charge is -2.12. The first kappa shape index (κ1) is 20.8. The Morgan fingerprint density at radius 1 is 1.15 bits per heavy atom. The van der Waals surface area contributed by atoms with Gasteiger partial charge in [-0.05, 0) is 30.2 Å². The van der Waals surface area contributed by atoms with Gasteiger partial charge in [-0.2, -0.15) is 0 Å². The molecule has 0 saturated carbocycles. The molecule has 2 rings (SSSR count). The molecular weight excluding hydrogens is 368 g/mol. The van der Waals surface area contributed by atoms with Crippen molar-refractivity contribution in [2.45, 2.75) is 18.4 Å². The van der Waals surface area contributed by atoms with Gasteiger partial charge in [-0.15, -0.1) is 0 Å². The van der Waals surface area contributed by atoms with Crippen molar-refractivity contribution in [3.05, 3.63) is 63.7 Å². The van der Waals surface area contributed by atoms with E-state index in [1.54, 1.807) is 0 Å². The van der Waals surface area contributed by atoms with E-state index >= 15 is 0 Å². The summed E-state index contributed by atoms with van der Waals surface area (Å²) in [6.45, 7) is 3.23. The van der Waals surface area contributed by atoms with Gasteiger partial charge in [-0.3, -0.25) is 10.1 Å². The molecule has 8 nitrogen and oxygen atoms in total. The van der Waals surface area contributed by atoms with Crippen molar-refractivity contribution in [2.24, 2.45) is 0 Å². The van der Waals surface area contributed by atoms with Crippen LogP contribution in [0.4, 0.5) is 11.4 Å². The van der Waals surface area contributed by atoms with Gasteiger partial charge in [0.25, 0.3) is 5.69 Å². The molecule has 9 heteroatoms. The number of aryl methyl sites for hydroxylation is 1. The summed E-state index contributed by atoms with van der Waals surface area (Å²) in [6.07, 6.45) is 0. The molecule has 0 fully saturated rings. The molecule has 0 heterocycles. The van der Waals surface area contributed by atoms with Gasteiger partial charge in [-0.25, -0.2) is 13.1 Å². The molecule has 146 valence electrons. The standard InChI is InChI=1S/C18H24N4O4S/c1-14-6-4-5-7-15(14)13-19-17-9-8-16(12-18(17)22(23)24)27(25,26)20-10-11-21(2)3/h4-9,12,19-20H,10-11,13H2,1-3H3/p+1. The fraction of sp³-hybridized carbons (Fsp3) is 0.333. The van der Waals surface area contributed by atoms with Gasteiger partial charge in [0.05, 0.1) is 37.0 Å². The monoisotopic (exact) mass is 393 g/mol. The topological polar surface area (TPSA) is 106 Å². The first-order valence-electron chi connectivity index (χ1n) is 8.56. The zero-order valence-electron chi connectivity index (χ0n) is 15.7. The first-order valence-corrected chi connectivity index (χ1v) is 10.0. The van der Waals surface area contributed by atoms with E-state index in [0.717, 1.165) is 22.1 Å². The Labute approximate surface area is 159 Å². The molecular formula is C18H25N4O4S+. The average Bonchev–Trinajstić information content (AvgIpc) is 2.60. The number of hydrogen-bond acceptors (Lipinski definition) is 5. The number of nitrogens with zero attached hydrogens (tertiary/aromatic N) is 1. The van der Waals surface area contributed by atoms with Crippen LogP contribution in [-0.2, 0) is 16.6 Å². The smallest absolute Gasteiger partial charge is 0.293 e. The van der Waals surface area contributed by atoms with E-state index in [1.807, 2.05) is 45.3 Å². The molecule has 0 aromatic heterocycles. The highest BCUT2D eigenvalue weighted by Gasteiger charge is 2.21. The third-order valence-electron chi connectivity index (χ3n) is 4.12. The van der Waals surface area contributed by atoms with E-state index in [1.165, 1.54) is 12.1 Å². The molecule has 0 spiro atoms. The second-order valence-corrected chi connectivity index (χ2v) is 8.34. The number of nitrogens with one attached hydrogen (secondary N) is 3. The Morgan fingerprint density at radius 3 is 2.48 bits per heavy atom. The summed E-state index contributed by atoms with van der Waals surface area (Å²) in [5.41, 5.74) is 2.08. The number of hydrogen-bond donors (Lipinski definition) is 3. The second-order valence-electron chi connectivity index (χ2n) is 6.57. The first-order chi connectivity index (χ1) is 12.7. The number of quaternary nitrogens is 1. The lowest BCUT2D eigenvalue weighted by molar-refractivity contribution is -0.856. The zero-order chi connectivity index (χ0) is 20.0. The number of anilines is 1. The summed E-state index contributed by atoms with van der Waals surface area (Å²) >= 11 is 0. The van der Waals surface area contributed by atoms with Crippen LogP contribution in [0.2, 0.25) is 0 Å². The van der Waals surface area contributed by atoms with Crippen molar-refractivity contribution in [2.75, 3.05) is 32.5 Å². The maximum atomic E-state index is 12.4. The molecule has 0 saturated heterocycles. The average molecular weight is 393 g/mol. The fourth-order valence-electron chi connectivity index (χ4n) is 2.50. The second kappa shape index (κ2) is 8.94. The number of rotatable bonds is 9. The minimum Gasteiger partial charge on any atom is -0.375 e. The van der Waals surface area contributed by atoms with Crippen LogP contribution in [-0.4, -0.2) is 40.5 Å². The highest BCUT2D eigenvalue weighted by atomic mass is 32.2. The summed E-state index contributed by atoms with van der Waals surface area (Å²) in [7, 11) is 0.0234. The minimum atomic E-state index is -3.80. The zero-order valence-corrected chi connectivity index (χ0v) is 16.5. The van der Waals surface area contributed by atoms with Crippen molar-refractivity contribution >= 4 is 21.4 Å². The quantitative estimate of drug-likeness (QED) is 0.434. The van der Waals surface area contributed by atoms with Gasteiger partial charge < -0.3 is 10.2 Å². The number of nitro groups is 1. The van der Waals surface area contributed by atoms with E-state index in [9.17, 15) is 18.5 Å². The maximum Gasteiger partial charge on any atom is 0.293 e. The molecule has 0 atom stereocenters. The van der Waals surface area contributed by atoms with Crippen LogP contribution in [0.3, 0.4) is 0 Å². The molecule has 2 aromatic carbocycles. The van der Waals surface area contributed by atoms with E-state index in [2.05, 4.69) is 10.0 Å². The lowest BCUT2D eigenvalue weighted by atomic mass is 10.1. The summed E-state index contributed by atoms with van der Waals surface area (Å²) in [5.74, 6) is 0. The molecule has 3 N–H and O–H groups in total. The van der Waals surface area contributed by atoms with Crippen LogP contribution in [0, 0.1) is 17.0 Å². The minimum absolute atomic E-state index is 0.121. The molecule has 2 aromatic rings. The molecule has 0 radical (unpaired) electrons. The largest absolute Gasteiger partial charge is 0.375 e. The Hall–Kier alpha value is -2.49. The molecule has 0 unspecified atom stereocenters. The third-order valence-corrected chi connectivity index (χ3v) is 5.58. The summed E-state index contributed by atoms with van der Waals surface area (Å²) in [4.78, 5) is 11.8. The van der Waals surface area contributed by atoms with Crippen LogP contribution < -0.4 is 14.9 Å². The Balaban J connectivity index is 2.21. The van der Waals surface area contributed by atoms with Gasteiger partial charge >= 0.3 is 0 Å². The van der Waals surface area contributed by atoms with Gasteiger partial charge in [-0.1, -0.05) is 24.3 Å². The predicted octanol–water partition coefficient (Wildman–Crippen LogP) is 0.938. The summed E-state index contributed by atoms with van der Waals surface area (Å²) < 4.78 is 27.2. The molecule has 27 heavy (non-hydrogen) atoms.